The third-order valence-corrected chi connectivity index (χ3v) is 11.5. The maximum Gasteiger partial charge on any atom is 0.191 e. The second-order valence-electron chi connectivity index (χ2n) is 10.6. The molecule has 0 aliphatic carbocycles. The molecule has 2 rings (SSSR count). The first-order chi connectivity index (χ1) is 16.2. The van der Waals surface area contributed by atoms with Crippen LogP contribution in [0.1, 0.15) is 50.8 Å². The molecule has 0 unspecified atom stereocenters. The molecule has 2 aromatic carbocycles. The van der Waals surface area contributed by atoms with Gasteiger partial charge in [-0.15, -0.1) is 6.58 Å². The van der Waals surface area contributed by atoms with Crippen LogP contribution in [0.4, 0.5) is 0 Å². The van der Waals surface area contributed by atoms with E-state index in [0.717, 1.165) is 30.6 Å². The molecule has 5 heteroatoms. The molecule has 3 atom stereocenters. The van der Waals surface area contributed by atoms with E-state index in [1.807, 2.05) is 42.5 Å². The zero-order chi connectivity index (χ0) is 25.0. The molecule has 188 valence electrons. The molecule has 0 spiro atoms. The van der Waals surface area contributed by atoms with Gasteiger partial charge in [-0.05, 0) is 42.1 Å². The van der Waals surface area contributed by atoms with E-state index in [1.54, 1.807) is 0 Å². The minimum absolute atomic E-state index is 0.0374. The Kier molecular flexibility index (Phi) is 11.7. The maximum atomic E-state index is 10.1. The molecule has 0 heterocycles. The van der Waals surface area contributed by atoms with Crippen molar-refractivity contribution < 1.29 is 14.3 Å². The van der Waals surface area contributed by atoms with Gasteiger partial charge in [0.2, 0.25) is 0 Å². The van der Waals surface area contributed by atoms with Crippen LogP contribution in [0.3, 0.4) is 0 Å². The van der Waals surface area contributed by atoms with Crippen molar-refractivity contribution >= 4 is 8.32 Å². The minimum Gasteiger partial charge on any atom is -0.417 e. The lowest BCUT2D eigenvalue weighted by Gasteiger charge is -2.36. The Morgan fingerprint density at radius 1 is 1.03 bits per heavy atom. The largest absolute Gasteiger partial charge is 0.417 e. The van der Waals surface area contributed by atoms with Gasteiger partial charge in [-0.2, -0.15) is 0 Å². The molecular weight excluding hydrogens is 438 g/mol. The second kappa shape index (κ2) is 14.0. The molecule has 0 saturated heterocycles. The van der Waals surface area contributed by atoms with Gasteiger partial charge in [0.25, 0.3) is 0 Å². The predicted molar refractivity (Wildman–Crippen MR) is 145 cm³/mol. The Balaban J connectivity index is 2.04. The smallest absolute Gasteiger partial charge is 0.191 e. The summed E-state index contributed by atoms with van der Waals surface area (Å²) in [4.78, 5) is 0. The highest BCUT2D eigenvalue weighted by Gasteiger charge is 2.37. The monoisotopic (exact) mass is 483 g/mol. The van der Waals surface area contributed by atoms with Gasteiger partial charge in [-0.3, -0.25) is 0 Å². The molecule has 2 aromatic rings. The molecule has 0 aliphatic heterocycles. The van der Waals surface area contributed by atoms with Crippen molar-refractivity contribution in [1.82, 2.24) is 5.32 Å². The molecular formula is C29H45NO3Si. The van der Waals surface area contributed by atoms with Gasteiger partial charge in [-0.25, -0.2) is 0 Å². The molecule has 0 radical (unpaired) electrons. The van der Waals surface area contributed by atoms with Crippen LogP contribution >= 0.6 is 0 Å². The molecule has 2 N–H and O–H groups in total. The van der Waals surface area contributed by atoms with E-state index in [2.05, 4.69) is 70.0 Å². The van der Waals surface area contributed by atoms with E-state index in [4.69, 9.17) is 9.16 Å². The maximum absolute atomic E-state index is 10.1. The normalized spacial score (nSPS) is 15.0. The van der Waals surface area contributed by atoms with Gasteiger partial charge in [0.05, 0.1) is 25.9 Å². The van der Waals surface area contributed by atoms with Crippen molar-refractivity contribution in [1.29, 1.82) is 0 Å². The summed E-state index contributed by atoms with van der Waals surface area (Å²) < 4.78 is 12.5. The molecule has 0 aliphatic rings. The average molecular weight is 484 g/mol. The fraction of sp³-hybridized carbons (Fsp3) is 0.517. The van der Waals surface area contributed by atoms with Gasteiger partial charge in [0, 0.05) is 18.6 Å². The van der Waals surface area contributed by atoms with Crippen LogP contribution in [0.5, 0.6) is 0 Å². The summed E-state index contributed by atoms with van der Waals surface area (Å²) in [6.45, 7) is 17.4. The van der Waals surface area contributed by atoms with Crippen molar-refractivity contribution in [3.63, 3.8) is 0 Å². The van der Waals surface area contributed by atoms with Crippen molar-refractivity contribution in [3.05, 3.63) is 84.4 Å². The Hall–Kier alpha value is -1.76. The van der Waals surface area contributed by atoms with E-state index >= 15 is 0 Å². The summed E-state index contributed by atoms with van der Waals surface area (Å²) in [5, 5.41) is 14.0. The van der Waals surface area contributed by atoms with Gasteiger partial charge in [0.1, 0.15) is 0 Å². The molecule has 34 heavy (non-hydrogen) atoms. The van der Waals surface area contributed by atoms with Crippen LogP contribution in [-0.4, -0.2) is 39.3 Å². The number of hydrogen-bond donors (Lipinski definition) is 2. The Morgan fingerprint density at radius 2 is 1.65 bits per heavy atom. The van der Waals surface area contributed by atoms with E-state index < -0.39 is 8.32 Å². The van der Waals surface area contributed by atoms with Crippen LogP contribution in [0.2, 0.25) is 18.1 Å². The van der Waals surface area contributed by atoms with Crippen molar-refractivity contribution in [2.24, 2.45) is 5.92 Å². The quantitative estimate of drug-likeness (QED) is 0.172. The lowest BCUT2D eigenvalue weighted by Crippen LogP contribution is -2.42. The number of hydrogen-bond acceptors (Lipinski definition) is 4. The average Bonchev–Trinajstić information content (AvgIpc) is 2.82. The number of aliphatic hydroxyl groups is 1. The van der Waals surface area contributed by atoms with Crippen LogP contribution in [0.25, 0.3) is 0 Å². The lowest BCUT2D eigenvalue weighted by molar-refractivity contribution is 0.0816. The summed E-state index contributed by atoms with van der Waals surface area (Å²) in [5.74, 6) is 0.120. The first-order valence-corrected chi connectivity index (χ1v) is 15.4. The minimum atomic E-state index is -1.77. The summed E-state index contributed by atoms with van der Waals surface area (Å²) in [6.07, 6.45) is 3.85. The van der Waals surface area contributed by atoms with Crippen molar-refractivity contribution in [2.75, 3.05) is 19.8 Å². The number of rotatable bonds is 15. The molecule has 0 saturated carbocycles. The summed E-state index contributed by atoms with van der Waals surface area (Å²) in [6, 6.07) is 20.3. The first-order valence-electron chi connectivity index (χ1n) is 12.5. The predicted octanol–water partition coefficient (Wildman–Crippen LogP) is 6.50. The number of nitrogens with one attached hydrogen (secondary N) is 1. The van der Waals surface area contributed by atoms with E-state index in [-0.39, 0.29) is 29.6 Å². The van der Waals surface area contributed by atoms with E-state index in [9.17, 15) is 5.11 Å². The van der Waals surface area contributed by atoms with Gasteiger partial charge >= 0.3 is 0 Å². The topological polar surface area (TPSA) is 50.7 Å². The van der Waals surface area contributed by atoms with E-state index in [0.29, 0.717) is 13.2 Å². The highest BCUT2D eigenvalue weighted by Crippen LogP contribution is 2.36. The Labute approximate surface area is 208 Å². The molecule has 0 fully saturated rings. The fourth-order valence-corrected chi connectivity index (χ4v) is 4.79. The zero-order valence-corrected chi connectivity index (χ0v) is 22.8. The highest BCUT2D eigenvalue weighted by molar-refractivity contribution is 6.74. The Morgan fingerprint density at radius 3 is 2.21 bits per heavy atom. The third-order valence-electron chi connectivity index (χ3n) is 6.97. The van der Waals surface area contributed by atoms with Crippen molar-refractivity contribution in [3.8, 4) is 0 Å². The van der Waals surface area contributed by atoms with Crippen LogP contribution in [0, 0.1) is 5.92 Å². The summed E-state index contributed by atoms with van der Waals surface area (Å²) in [5.41, 5.74) is 2.25. The zero-order valence-electron chi connectivity index (χ0n) is 21.8. The van der Waals surface area contributed by atoms with Crippen molar-refractivity contribution in [2.45, 2.75) is 70.4 Å². The fourth-order valence-electron chi connectivity index (χ4n) is 3.70. The number of aliphatic hydroxyl groups excluding tert-OH is 1. The first kappa shape index (κ1) is 28.5. The summed E-state index contributed by atoms with van der Waals surface area (Å²) in [7, 11) is -1.77. The highest BCUT2D eigenvalue weighted by atomic mass is 28.4. The third kappa shape index (κ3) is 9.12. The molecule has 0 amide bonds. The van der Waals surface area contributed by atoms with Crippen LogP contribution < -0.4 is 5.32 Å². The molecule has 4 nitrogen and oxygen atoms in total. The Bertz CT molecular complexity index is 820. The molecule has 0 aromatic heterocycles. The van der Waals surface area contributed by atoms with Crippen LogP contribution in [0.15, 0.2) is 73.3 Å². The number of ether oxygens (including phenoxy) is 1. The summed E-state index contributed by atoms with van der Waals surface area (Å²) >= 11 is 0. The SMILES string of the molecule is C=C[C@H](COCc1ccccc1)[C@H](CCCO[Si](C)(C)C(C)(C)C)N[C@@H](CO)c1ccccc1. The van der Waals surface area contributed by atoms with Crippen LogP contribution in [-0.2, 0) is 15.8 Å². The van der Waals surface area contributed by atoms with Gasteiger partial charge in [-0.1, -0.05) is 87.5 Å². The lowest BCUT2D eigenvalue weighted by atomic mass is 9.94. The second-order valence-corrected chi connectivity index (χ2v) is 15.4. The van der Waals surface area contributed by atoms with Gasteiger partial charge < -0.3 is 19.6 Å². The number of benzene rings is 2. The molecule has 0 bridgehead atoms. The van der Waals surface area contributed by atoms with E-state index in [1.165, 1.54) is 0 Å². The standard InChI is InChI=1S/C29H45NO3Si/c1-7-25(23-32-22-24-15-10-8-11-16-24)27(19-14-20-33-34(5,6)29(2,3)4)30-28(21-31)26-17-12-9-13-18-26/h7-13,15-18,25,27-28,30-31H,1,14,19-23H2,2-6H3/t25-,27+,28+/m1/s1. The van der Waals surface area contributed by atoms with Gasteiger partial charge in [0.15, 0.2) is 8.32 Å².